The molecule has 0 bridgehead atoms. The average Bonchev–Trinajstić information content (AvgIpc) is 3.74. The SMILES string of the molecule is CNc1cc(N2CCc3c(-c4ccc(CN5CC6(CCN(C(=O)OC(C)(C)C)CC6)C5)cn4)cccc32)nn2c(C(=O)NC3CCC3)cnc12.CO. The van der Waals surface area contributed by atoms with Crippen LogP contribution in [-0.4, -0.2) is 105 Å². The third-order valence-electron chi connectivity index (χ3n) is 10.8. The van der Waals surface area contributed by atoms with Crippen molar-refractivity contribution in [3.63, 3.8) is 0 Å². The predicted molar refractivity (Wildman–Crippen MR) is 201 cm³/mol. The van der Waals surface area contributed by atoms with Gasteiger partial charge in [0.15, 0.2) is 17.2 Å². The van der Waals surface area contributed by atoms with Crippen molar-refractivity contribution in [1.29, 1.82) is 0 Å². The number of aromatic nitrogens is 4. The quantitative estimate of drug-likeness (QED) is 0.233. The van der Waals surface area contributed by atoms with Crippen molar-refractivity contribution in [2.24, 2.45) is 5.41 Å². The lowest BCUT2D eigenvalue weighted by molar-refractivity contribution is -0.0551. The molecule has 0 atom stereocenters. The molecule has 52 heavy (non-hydrogen) atoms. The molecule has 6 heterocycles. The first kappa shape index (κ1) is 35.6. The maximum absolute atomic E-state index is 13.1. The van der Waals surface area contributed by atoms with Crippen LogP contribution in [0.1, 0.15) is 74.5 Å². The second-order valence-corrected chi connectivity index (χ2v) is 15.5. The van der Waals surface area contributed by atoms with Gasteiger partial charge in [0.25, 0.3) is 5.91 Å². The van der Waals surface area contributed by atoms with Crippen molar-refractivity contribution in [1.82, 2.24) is 34.7 Å². The van der Waals surface area contributed by atoms with Crippen LogP contribution in [0.25, 0.3) is 16.9 Å². The summed E-state index contributed by atoms with van der Waals surface area (Å²) in [7, 11) is 2.87. The zero-order valence-corrected chi connectivity index (χ0v) is 31.0. The molecule has 0 radical (unpaired) electrons. The number of piperidine rings is 1. The number of aliphatic hydroxyl groups excluding tert-OH is 1. The molecule has 2 saturated heterocycles. The topological polar surface area (TPSA) is 140 Å². The van der Waals surface area contributed by atoms with E-state index in [0.717, 1.165) is 113 Å². The van der Waals surface area contributed by atoms with Gasteiger partial charge in [0.2, 0.25) is 0 Å². The maximum Gasteiger partial charge on any atom is 0.410 e. The average molecular weight is 710 g/mol. The van der Waals surface area contributed by atoms with Gasteiger partial charge < -0.3 is 30.3 Å². The van der Waals surface area contributed by atoms with E-state index in [1.54, 1.807) is 10.7 Å². The molecular weight excluding hydrogens is 658 g/mol. The second-order valence-electron chi connectivity index (χ2n) is 15.5. The zero-order chi connectivity index (χ0) is 36.6. The first-order valence-corrected chi connectivity index (χ1v) is 18.5. The number of hydrogen-bond donors (Lipinski definition) is 3. The van der Waals surface area contributed by atoms with Gasteiger partial charge in [-0.05, 0) is 88.0 Å². The van der Waals surface area contributed by atoms with E-state index >= 15 is 0 Å². The Morgan fingerprint density at radius 2 is 1.79 bits per heavy atom. The summed E-state index contributed by atoms with van der Waals surface area (Å²) in [6, 6.07) is 13.0. The van der Waals surface area contributed by atoms with Gasteiger partial charge in [-0.2, -0.15) is 0 Å². The number of amides is 2. The highest BCUT2D eigenvalue weighted by molar-refractivity contribution is 5.94. The molecule has 4 aromatic rings. The number of imidazole rings is 1. The van der Waals surface area contributed by atoms with E-state index in [1.807, 2.05) is 45.0 Å². The number of carbonyl (C=O) groups excluding carboxylic acids is 2. The van der Waals surface area contributed by atoms with Gasteiger partial charge >= 0.3 is 6.09 Å². The van der Waals surface area contributed by atoms with Crippen molar-refractivity contribution in [2.45, 2.75) is 77.5 Å². The molecule has 1 aromatic carbocycles. The fourth-order valence-electron chi connectivity index (χ4n) is 7.91. The summed E-state index contributed by atoms with van der Waals surface area (Å²) in [6.45, 7) is 11.0. The Morgan fingerprint density at radius 1 is 1.02 bits per heavy atom. The number of nitrogens with one attached hydrogen (secondary N) is 2. The van der Waals surface area contributed by atoms with E-state index in [-0.39, 0.29) is 18.0 Å². The number of fused-ring (bicyclic) bond motifs is 2. The number of aliphatic hydroxyl groups is 1. The summed E-state index contributed by atoms with van der Waals surface area (Å²) < 4.78 is 7.25. The maximum atomic E-state index is 13.1. The Kier molecular flexibility index (Phi) is 9.83. The fraction of sp³-hybridized carbons (Fsp3) is 0.513. The van der Waals surface area contributed by atoms with Gasteiger partial charge in [-0.15, -0.1) is 5.10 Å². The molecule has 13 heteroatoms. The molecule has 8 rings (SSSR count). The van der Waals surface area contributed by atoms with Gasteiger partial charge in [0.05, 0.1) is 17.6 Å². The number of likely N-dealkylation sites (tertiary alicyclic amines) is 2. The molecule has 0 unspecified atom stereocenters. The number of nitrogens with zero attached hydrogens (tertiary/aromatic N) is 7. The highest BCUT2D eigenvalue weighted by atomic mass is 16.6. The molecule has 276 valence electrons. The van der Waals surface area contributed by atoms with Crippen molar-refractivity contribution in [3.05, 3.63) is 65.6 Å². The molecule has 1 aliphatic carbocycles. The van der Waals surface area contributed by atoms with Gasteiger partial charge in [-0.25, -0.2) is 14.3 Å². The minimum absolute atomic E-state index is 0.137. The number of carbonyl (C=O) groups is 2. The van der Waals surface area contributed by atoms with E-state index in [4.69, 9.17) is 19.9 Å². The van der Waals surface area contributed by atoms with Crippen molar-refractivity contribution >= 4 is 34.8 Å². The molecule has 1 spiro atoms. The Bertz CT molecular complexity index is 1920. The van der Waals surface area contributed by atoms with Crippen LogP contribution in [0, 0.1) is 5.41 Å². The molecule has 3 N–H and O–H groups in total. The third-order valence-corrected chi connectivity index (χ3v) is 10.8. The normalized spacial score (nSPS) is 18.3. The Labute approximate surface area is 305 Å². The molecule has 2 amide bonds. The number of hydrogen-bond acceptors (Lipinski definition) is 10. The lowest BCUT2D eigenvalue weighted by atomic mass is 9.72. The monoisotopic (exact) mass is 709 g/mol. The van der Waals surface area contributed by atoms with Crippen LogP contribution in [0.5, 0.6) is 0 Å². The molecular formula is C39H51N9O4. The minimum Gasteiger partial charge on any atom is -0.444 e. The summed E-state index contributed by atoms with van der Waals surface area (Å²) in [4.78, 5) is 41.7. The van der Waals surface area contributed by atoms with E-state index in [0.29, 0.717) is 16.8 Å². The lowest BCUT2D eigenvalue weighted by Crippen LogP contribution is -2.60. The smallest absolute Gasteiger partial charge is 0.410 e. The van der Waals surface area contributed by atoms with Gasteiger partial charge in [0, 0.05) is 83.0 Å². The number of rotatable bonds is 7. The fourth-order valence-corrected chi connectivity index (χ4v) is 7.91. The third kappa shape index (κ3) is 7.03. The van der Waals surface area contributed by atoms with Crippen molar-refractivity contribution < 1.29 is 19.4 Å². The van der Waals surface area contributed by atoms with Crippen molar-refractivity contribution in [2.75, 3.05) is 57.1 Å². The van der Waals surface area contributed by atoms with Gasteiger partial charge in [0.1, 0.15) is 5.60 Å². The van der Waals surface area contributed by atoms with Gasteiger partial charge in [-0.1, -0.05) is 18.2 Å². The van der Waals surface area contributed by atoms with E-state index < -0.39 is 5.60 Å². The zero-order valence-electron chi connectivity index (χ0n) is 31.0. The Balaban J connectivity index is 0.00000207. The van der Waals surface area contributed by atoms with Crippen LogP contribution in [0.2, 0.25) is 0 Å². The van der Waals surface area contributed by atoms with Gasteiger partial charge in [-0.3, -0.25) is 14.7 Å². The predicted octanol–water partition coefficient (Wildman–Crippen LogP) is 5.25. The largest absolute Gasteiger partial charge is 0.444 e. The van der Waals surface area contributed by atoms with Crippen molar-refractivity contribution in [3.8, 4) is 11.3 Å². The highest BCUT2D eigenvalue weighted by Gasteiger charge is 2.45. The number of ether oxygens (including phenoxy) is 1. The molecule has 3 aliphatic heterocycles. The number of anilines is 3. The highest BCUT2D eigenvalue weighted by Crippen LogP contribution is 2.42. The lowest BCUT2D eigenvalue weighted by Gasteiger charge is -2.54. The van der Waals surface area contributed by atoms with E-state index in [9.17, 15) is 9.59 Å². The molecule has 3 fully saturated rings. The molecule has 3 aromatic heterocycles. The number of benzene rings is 1. The number of pyridine rings is 1. The Hall–Kier alpha value is -4.75. The second kappa shape index (κ2) is 14.3. The minimum atomic E-state index is -0.463. The summed E-state index contributed by atoms with van der Waals surface area (Å²) in [5.41, 5.74) is 7.39. The molecule has 4 aliphatic rings. The summed E-state index contributed by atoms with van der Waals surface area (Å²) in [5, 5.41) is 18.3. The molecule has 1 saturated carbocycles. The summed E-state index contributed by atoms with van der Waals surface area (Å²) in [6.07, 6.45) is 9.54. The standard InChI is InChI=1S/C38H47N9O3.CH4O/c1-37(2,3)50-36(49)45-17-14-38(15-18-45)23-44(24-38)22-25-11-12-29(40-20-25)27-9-6-10-31-28(27)13-16-46(31)33-19-30(39-4)34-41-21-32(47(34)43-33)35(48)42-26-7-5-8-26;1-2/h6,9-12,19-21,26,39H,5,7-8,13-18,22-24H2,1-4H3,(H,42,48);2H,1H3. The first-order chi connectivity index (χ1) is 25.1. The Morgan fingerprint density at radius 3 is 2.44 bits per heavy atom. The first-order valence-electron chi connectivity index (χ1n) is 18.5. The van der Waals surface area contributed by atoms with E-state index in [1.165, 1.54) is 11.1 Å². The van der Waals surface area contributed by atoms with Crippen LogP contribution in [0.4, 0.5) is 22.0 Å². The van der Waals surface area contributed by atoms with Crippen LogP contribution in [0.15, 0.2) is 48.8 Å². The molecule has 13 nitrogen and oxygen atoms in total. The summed E-state index contributed by atoms with van der Waals surface area (Å²) >= 11 is 0. The van der Waals surface area contributed by atoms with E-state index in [2.05, 4.69) is 55.7 Å². The summed E-state index contributed by atoms with van der Waals surface area (Å²) in [5.74, 6) is 0.626. The van der Waals surface area contributed by atoms with Crippen LogP contribution >= 0.6 is 0 Å². The van der Waals surface area contributed by atoms with Crippen LogP contribution in [0.3, 0.4) is 0 Å². The van der Waals surface area contributed by atoms with Crippen LogP contribution < -0.4 is 15.5 Å². The van der Waals surface area contributed by atoms with Crippen LogP contribution in [-0.2, 0) is 17.7 Å².